The molecule has 0 amide bonds. The van der Waals surface area contributed by atoms with Crippen molar-refractivity contribution in [3.8, 4) is 11.8 Å². The molecule has 1 aromatic heterocycles. The zero-order valence-electron chi connectivity index (χ0n) is 8.34. The van der Waals surface area contributed by atoms with Crippen molar-refractivity contribution in [3.05, 3.63) is 53.3 Å². The summed E-state index contributed by atoms with van der Waals surface area (Å²) in [4.78, 5) is 0. The Hall–Kier alpha value is -2.05. The van der Waals surface area contributed by atoms with Gasteiger partial charge in [-0.15, -0.1) is 0 Å². The highest BCUT2D eigenvalue weighted by Crippen LogP contribution is 2.14. The minimum Gasteiger partial charge on any atom is -0.240 e. The van der Waals surface area contributed by atoms with Gasteiger partial charge in [0.15, 0.2) is 0 Å². The van der Waals surface area contributed by atoms with Crippen molar-refractivity contribution in [2.75, 3.05) is 0 Å². The van der Waals surface area contributed by atoms with E-state index in [0.29, 0.717) is 5.02 Å². The highest BCUT2D eigenvalue weighted by molar-refractivity contribution is 6.30. The molecule has 0 fully saturated rings. The summed E-state index contributed by atoms with van der Waals surface area (Å²) in [5.41, 5.74) is 1.77. The van der Waals surface area contributed by atoms with Crippen molar-refractivity contribution in [2.24, 2.45) is 0 Å². The molecule has 0 N–H and O–H groups in total. The Bertz CT molecular complexity index is 564. The monoisotopic (exact) mass is 229 g/mol. The number of nitrogens with zero attached hydrogens (tertiary/aromatic N) is 3. The van der Waals surface area contributed by atoms with Crippen LogP contribution < -0.4 is 0 Å². The maximum Gasteiger partial charge on any atom is 0.0912 e. The van der Waals surface area contributed by atoms with Gasteiger partial charge < -0.3 is 0 Å². The van der Waals surface area contributed by atoms with E-state index in [1.807, 2.05) is 36.5 Å². The molecule has 0 aliphatic heterocycles. The van der Waals surface area contributed by atoms with Crippen LogP contribution in [-0.2, 0) is 0 Å². The Morgan fingerprint density at radius 1 is 1.44 bits per heavy atom. The number of aromatic nitrogens is 2. The summed E-state index contributed by atoms with van der Waals surface area (Å²) < 4.78 is 1.71. The SMILES string of the molecule is N#CC=Cc1cnn(-c2cccc(Cl)c2)c1. The fraction of sp³-hybridized carbons (Fsp3) is 0. The molecular formula is C12H8ClN3. The van der Waals surface area contributed by atoms with Crippen LogP contribution in [0, 0.1) is 11.3 Å². The number of halogens is 1. The quantitative estimate of drug-likeness (QED) is 0.743. The number of hydrogen-bond acceptors (Lipinski definition) is 2. The molecule has 0 spiro atoms. The summed E-state index contributed by atoms with van der Waals surface area (Å²) in [6.07, 6.45) is 6.64. The van der Waals surface area contributed by atoms with Crippen molar-refractivity contribution in [1.82, 2.24) is 9.78 Å². The summed E-state index contributed by atoms with van der Waals surface area (Å²) in [7, 11) is 0. The summed E-state index contributed by atoms with van der Waals surface area (Å²) in [6, 6.07) is 9.35. The Morgan fingerprint density at radius 3 is 3.06 bits per heavy atom. The molecule has 0 saturated carbocycles. The molecule has 0 aliphatic carbocycles. The molecule has 2 rings (SSSR count). The van der Waals surface area contributed by atoms with Crippen molar-refractivity contribution in [1.29, 1.82) is 5.26 Å². The van der Waals surface area contributed by atoms with Gasteiger partial charge in [0.25, 0.3) is 0 Å². The molecule has 78 valence electrons. The van der Waals surface area contributed by atoms with Crippen molar-refractivity contribution in [2.45, 2.75) is 0 Å². The second kappa shape index (κ2) is 4.65. The van der Waals surface area contributed by atoms with Gasteiger partial charge >= 0.3 is 0 Å². The van der Waals surface area contributed by atoms with E-state index in [1.165, 1.54) is 6.08 Å². The first-order valence-corrected chi connectivity index (χ1v) is 5.04. The maximum absolute atomic E-state index is 8.41. The van der Waals surface area contributed by atoms with E-state index in [9.17, 15) is 0 Å². The summed E-state index contributed by atoms with van der Waals surface area (Å²) >= 11 is 5.89. The van der Waals surface area contributed by atoms with Gasteiger partial charge in [-0.25, -0.2) is 4.68 Å². The van der Waals surface area contributed by atoms with Gasteiger partial charge in [-0.3, -0.25) is 0 Å². The first-order chi connectivity index (χ1) is 7.79. The van der Waals surface area contributed by atoms with E-state index < -0.39 is 0 Å². The number of allylic oxidation sites excluding steroid dienone is 1. The molecule has 0 aliphatic rings. The second-order valence-corrected chi connectivity index (χ2v) is 3.60. The summed E-state index contributed by atoms with van der Waals surface area (Å²) in [6.45, 7) is 0. The van der Waals surface area contributed by atoms with Gasteiger partial charge in [0.05, 0.1) is 18.0 Å². The molecule has 0 saturated heterocycles. The lowest BCUT2D eigenvalue weighted by Crippen LogP contribution is -1.92. The van der Waals surface area contributed by atoms with Crippen LogP contribution in [-0.4, -0.2) is 9.78 Å². The number of nitriles is 1. The van der Waals surface area contributed by atoms with Crippen LogP contribution in [0.3, 0.4) is 0 Å². The third kappa shape index (κ3) is 2.30. The molecule has 16 heavy (non-hydrogen) atoms. The minimum atomic E-state index is 0.669. The van der Waals surface area contributed by atoms with E-state index >= 15 is 0 Å². The largest absolute Gasteiger partial charge is 0.240 e. The van der Waals surface area contributed by atoms with Gasteiger partial charge in [0, 0.05) is 22.9 Å². The van der Waals surface area contributed by atoms with Crippen LogP contribution in [0.1, 0.15) is 5.56 Å². The second-order valence-electron chi connectivity index (χ2n) is 3.16. The minimum absolute atomic E-state index is 0.669. The lowest BCUT2D eigenvalue weighted by Gasteiger charge is -2.00. The highest BCUT2D eigenvalue weighted by atomic mass is 35.5. The summed E-state index contributed by atoms with van der Waals surface area (Å²) in [5, 5.41) is 13.3. The van der Waals surface area contributed by atoms with Crippen LogP contribution >= 0.6 is 11.6 Å². The van der Waals surface area contributed by atoms with Crippen molar-refractivity contribution in [3.63, 3.8) is 0 Å². The molecule has 4 heteroatoms. The van der Waals surface area contributed by atoms with Gasteiger partial charge in [-0.05, 0) is 24.3 Å². The van der Waals surface area contributed by atoms with Crippen LogP contribution in [0.15, 0.2) is 42.7 Å². The molecule has 1 aromatic carbocycles. The van der Waals surface area contributed by atoms with E-state index in [0.717, 1.165) is 11.3 Å². The third-order valence-corrected chi connectivity index (χ3v) is 2.26. The Morgan fingerprint density at radius 2 is 2.31 bits per heavy atom. The smallest absolute Gasteiger partial charge is 0.0912 e. The van der Waals surface area contributed by atoms with Gasteiger partial charge in [-0.1, -0.05) is 17.7 Å². The predicted octanol–water partition coefficient (Wildman–Crippen LogP) is 3.06. The Balaban J connectivity index is 2.32. The zero-order valence-corrected chi connectivity index (χ0v) is 9.09. The highest BCUT2D eigenvalue weighted by Gasteiger charge is 1.99. The number of rotatable bonds is 2. The summed E-state index contributed by atoms with van der Waals surface area (Å²) in [5.74, 6) is 0. The standard InChI is InChI=1S/C12H8ClN3/c13-11-4-1-5-12(7-11)16-9-10(8-15-16)3-2-6-14/h1-5,7-9H. The molecule has 0 unspecified atom stereocenters. The fourth-order valence-corrected chi connectivity index (χ4v) is 1.50. The van der Waals surface area contributed by atoms with E-state index in [2.05, 4.69) is 5.10 Å². The van der Waals surface area contributed by atoms with Crippen LogP contribution in [0.25, 0.3) is 11.8 Å². The van der Waals surface area contributed by atoms with E-state index in [4.69, 9.17) is 16.9 Å². The molecular weight excluding hydrogens is 222 g/mol. The average molecular weight is 230 g/mol. The molecule has 1 heterocycles. The van der Waals surface area contributed by atoms with Crippen LogP contribution in [0.2, 0.25) is 5.02 Å². The predicted molar refractivity (Wildman–Crippen MR) is 63.2 cm³/mol. The van der Waals surface area contributed by atoms with Gasteiger partial charge in [0.2, 0.25) is 0 Å². The first kappa shape index (κ1) is 10.5. The Labute approximate surface area is 98.2 Å². The number of hydrogen-bond donors (Lipinski definition) is 0. The first-order valence-electron chi connectivity index (χ1n) is 4.66. The van der Waals surface area contributed by atoms with Gasteiger partial charge in [0.1, 0.15) is 0 Å². The zero-order chi connectivity index (χ0) is 11.4. The molecule has 2 aromatic rings. The maximum atomic E-state index is 8.41. The normalized spacial score (nSPS) is 10.5. The van der Waals surface area contributed by atoms with E-state index in [1.54, 1.807) is 17.0 Å². The third-order valence-electron chi connectivity index (χ3n) is 2.03. The van der Waals surface area contributed by atoms with Crippen molar-refractivity contribution < 1.29 is 0 Å². The van der Waals surface area contributed by atoms with Crippen molar-refractivity contribution >= 4 is 17.7 Å². The fourth-order valence-electron chi connectivity index (χ4n) is 1.32. The molecule has 0 atom stereocenters. The molecule has 3 nitrogen and oxygen atoms in total. The lowest BCUT2D eigenvalue weighted by atomic mass is 10.3. The van der Waals surface area contributed by atoms with Crippen LogP contribution in [0.5, 0.6) is 0 Å². The Kier molecular flexibility index (Phi) is 3.04. The topological polar surface area (TPSA) is 41.6 Å². The van der Waals surface area contributed by atoms with E-state index in [-0.39, 0.29) is 0 Å². The lowest BCUT2D eigenvalue weighted by molar-refractivity contribution is 0.880. The molecule has 0 radical (unpaired) electrons. The molecule has 0 bridgehead atoms. The van der Waals surface area contributed by atoms with Crippen LogP contribution in [0.4, 0.5) is 0 Å². The van der Waals surface area contributed by atoms with Gasteiger partial charge in [-0.2, -0.15) is 10.4 Å². The number of benzene rings is 1. The average Bonchev–Trinajstić information content (AvgIpc) is 2.75.